The standard InChI is InChI=1S/C20H27N3O2.ClH/c1-3-11-25-20-12-16(6-7-19(20)24-2)15-23-10-9-22-14-18(23)17-5-4-8-21-13-17;/h4-8,12-13,18,22H,3,9-11,14-15H2,1-2H3;1H. The number of benzene rings is 1. The van der Waals surface area contributed by atoms with Crippen LogP contribution in [0.2, 0.25) is 0 Å². The molecule has 0 bridgehead atoms. The Balaban J connectivity index is 0.00000243. The van der Waals surface area contributed by atoms with Crippen LogP contribution in [0.1, 0.15) is 30.5 Å². The van der Waals surface area contributed by atoms with Crippen molar-refractivity contribution in [2.45, 2.75) is 25.9 Å². The maximum absolute atomic E-state index is 5.85. The second-order valence-electron chi connectivity index (χ2n) is 6.31. The molecule has 1 N–H and O–H groups in total. The summed E-state index contributed by atoms with van der Waals surface area (Å²) in [6.45, 7) is 6.65. The molecule has 1 unspecified atom stereocenters. The average molecular weight is 378 g/mol. The van der Waals surface area contributed by atoms with Gasteiger partial charge in [-0.25, -0.2) is 0 Å². The van der Waals surface area contributed by atoms with Gasteiger partial charge >= 0.3 is 0 Å². The highest BCUT2D eigenvalue weighted by molar-refractivity contribution is 5.85. The highest BCUT2D eigenvalue weighted by Crippen LogP contribution is 2.30. The molecule has 5 nitrogen and oxygen atoms in total. The van der Waals surface area contributed by atoms with Crippen molar-refractivity contribution in [3.05, 3.63) is 53.9 Å². The van der Waals surface area contributed by atoms with E-state index in [9.17, 15) is 0 Å². The Labute approximate surface area is 162 Å². The molecular formula is C20H28ClN3O2. The van der Waals surface area contributed by atoms with E-state index in [2.05, 4.69) is 40.3 Å². The molecule has 1 aromatic carbocycles. The number of nitrogens with zero attached hydrogens (tertiary/aromatic N) is 2. The highest BCUT2D eigenvalue weighted by Gasteiger charge is 2.24. The number of ether oxygens (including phenoxy) is 2. The van der Waals surface area contributed by atoms with Crippen molar-refractivity contribution in [2.24, 2.45) is 0 Å². The predicted octanol–water partition coefficient (Wildman–Crippen LogP) is 3.45. The Hall–Kier alpha value is -1.82. The number of halogens is 1. The molecule has 1 atom stereocenters. The van der Waals surface area contributed by atoms with Crippen molar-refractivity contribution in [1.29, 1.82) is 0 Å². The average Bonchev–Trinajstić information content (AvgIpc) is 2.67. The fourth-order valence-electron chi connectivity index (χ4n) is 3.22. The number of hydrogen-bond acceptors (Lipinski definition) is 5. The molecule has 0 spiro atoms. The van der Waals surface area contributed by atoms with Gasteiger partial charge in [-0.05, 0) is 35.7 Å². The van der Waals surface area contributed by atoms with Gasteiger partial charge in [0.05, 0.1) is 13.7 Å². The number of nitrogens with one attached hydrogen (secondary N) is 1. The number of methoxy groups -OCH3 is 1. The molecular weight excluding hydrogens is 350 g/mol. The van der Waals surface area contributed by atoms with Crippen LogP contribution in [-0.2, 0) is 6.54 Å². The van der Waals surface area contributed by atoms with E-state index >= 15 is 0 Å². The van der Waals surface area contributed by atoms with Crippen LogP contribution in [0.5, 0.6) is 11.5 Å². The van der Waals surface area contributed by atoms with E-state index in [0.717, 1.165) is 44.1 Å². The molecule has 0 radical (unpaired) electrons. The summed E-state index contributed by atoms with van der Waals surface area (Å²) in [5.74, 6) is 1.62. The van der Waals surface area contributed by atoms with Gasteiger partial charge in [0.2, 0.25) is 0 Å². The van der Waals surface area contributed by atoms with Gasteiger partial charge in [0, 0.05) is 44.6 Å². The van der Waals surface area contributed by atoms with Gasteiger partial charge in [0.25, 0.3) is 0 Å². The SMILES string of the molecule is CCCOc1cc(CN2CCNCC2c2cccnc2)ccc1OC.Cl. The minimum Gasteiger partial charge on any atom is -0.493 e. The zero-order chi connectivity index (χ0) is 17.5. The molecule has 0 aliphatic carbocycles. The lowest BCUT2D eigenvalue weighted by molar-refractivity contribution is 0.153. The van der Waals surface area contributed by atoms with Gasteiger partial charge in [-0.15, -0.1) is 12.4 Å². The van der Waals surface area contributed by atoms with Crippen molar-refractivity contribution in [3.63, 3.8) is 0 Å². The predicted molar refractivity (Wildman–Crippen MR) is 106 cm³/mol. The quantitative estimate of drug-likeness (QED) is 0.800. The zero-order valence-electron chi connectivity index (χ0n) is 15.5. The summed E-state index contributed by atoms with van der Waals surface area (Å²) in [5, 5.41) is 3.49. The molecule has 2 heterocycles. The van der Waals surface area contributed by atoms with Crippen LogP contribution in [0.4, 0.5) is 0 Å². The first-order valence-electron chi connectivity index (χ1n) is 8.96. The fourth-order valence-corrected chi connectivity index (χ4v) is 3.22. The van der Waals surface area contributed by atoms with E-state index in [1.54, 1.807) is 7.11 Å². The summed E-state index contributed by atoms with van der Waals surface area (Å²) < 4.78 is 11.3. The van der Waals surface area contributed by atoms with Crippen LogP contribution in [0, 0.1) is 0 Å². The number of piperazine rings is 1. The molecule has 1 aromatic heterocycles. The number of hydrogen-bond donors (Lipinski definition) is 1. The first kappa shape index (κ1) is 20.5. The van der Waals surface area contributed by atoms with E-state index < -0.39 is 0 Å². The molecule has 6 heteroatoms. The molecule has 142 valence electrons. The second kappa shape index (κ2) is 10.4. The summed E-state index contributed by atoms with van der Waals surface area (Å²) in [6, 6.07) is 10.7. The van der Waals surface area contributed by atoms with E-state index in [4.69, 9.17) is 9.47 Å². The molecule has 1 fully saturated rings. The molecule has 0 amide bonds. The number of rotatable bonds is 7. The summed E-state index contributed by atoms with van der Waals surface area (Å²) in [6.07, 6.45) is 4.77. The third kappa shape index (κ3) is 5.10. The second-order valence-corrected chi connectivity index (χ2v) is 6.31. The largest absolute Gasteiger partial charge is 0.493 e. The van der Waals surface area contributed by atoms with Crippen LogP contribution < -0.4 is 14.8 Å². The van der Waals surface area contributed by atoms with E-state index in [-0.39, 0.29) is 12.4 Å². The van der Waals surface area contributed by atoms with Gasteiger partial charge in [-0.2, -0.15) is 0 Å². The van der Waals surface area contributed by atoms with Gasteiger partial charge < -0.3 is 14.8 Å². The van der Waals surface area contributed by atoms with E-state index in [0.29, 0.717) is 12.6 Å². The number of pyridine rings is 1. The molecule has 0 saturated carbocycles. The summed E-state index contributed by atoms with van der Waals surface area (Å²) in [4.78, 5) is 6.78. The van der Waals surface area contributed by atoms with Crippen LogP contribution >= 0.6 is 12.4 Å². The zero-order valence-corrected chi connectivity index (χ0v) is 16.3. The fraction of sp³-hybridized carbons (Fsp3) is 0.450. The topological polar surface area (TPSA) is 46.6 Å². The molecule has 1 saturated heterocycles. The van der Waals surface area contributed by atoms with Crippen LogP contribution in [-0.4, -0.2) is 43.2 Å². The Morgan fingerprint density at radius 2 is 2.15 bits per heavy atom. The van der Waals surface area contributed by atoms with Crippen molar-refractivity contribution >= 4 is 12.4 Å². The molecule has 1 aliphatic rings. The Kier molecular flexibility index (Phi) is 8.16. The van der Waals surface area contributed by atoms with Crippen LogP contribution in [0.15, 0.2) is 42.7 Å². The van der Waals surface area contributed by atoms with Crippen molar-refractivity contribution in [1.82, 2.24) is 15.2 Å². The maximum Gasteiger partial charge on any atom is 0.161 e. The Bertz CT molecular complexity index is 669. The van der Waals surface area contributed by atoms with Crippen molar-refractivity contribution < 1.29 is 9.47 Å². The normalized spacial score (nSPS) is 17.4. The van der Waals surface area contributed by atoms with Gasteiger partial charge in [0.15, 0.2) is 11.5 Å². The lowest BCUT2D eigenvalue weighted by atomic mass is 10.0. The van der Waals surface area contributed by atoms with E-state index in [1.807, 2.05) is 24.5 Å². The summed E-state index contributed by atoms with van der Waals surface area (Å²) >= 11 is 0. The molecule has 1 aliphatic heterocycles. The van der Waals surface area contributed by atoms with Crippen molar-refractivity contribution in [2.75, 3.05) is 33.4 Å². The van der Waals surface area contributed by atoms with E-state index in [1.165, 1.54) is 11.1 Å². The first-order valence-corrected chi connectivity index (χ1v) is 8.96. The smallest absolute Gasteiger partial charge is 0.161 e. The lowest BCUT2D eigenvalue weighted by Gasteiger charge is -2.36. The van der Waals surface area contributed by atoms with Crippen LogP contribution in [0.3, 0.4) is 0 Å². The minimum absolute atomic E-state index is 0. The summed E-state index contributed by atoms with van der Waals surface area (Å²) in [5.41, 5.74) is 2.49. The monoisotopic (exact) mass is 377 g/mol. The van der Waals surface area contributed by atoms with Gasteiger partial charge in [0.1, 0.15) is 0 Å². The lowest BCUT2D eigenvalue weighted by Crippen LogP contribution is -2.45. The number of aromatic nitrogens is 1. The third-order valence-corrected chi connectivity index (χ3v) is 4.50. The van der Waals surface area contributed by atoms with Crippen molar-refractivity contribution in [3.8, 4) is 11.5 Å². The van der Waals surface area contributed by atoms with Crippen LogP contribution in [0.25, 0.3) is 0 Å². The highest BCUT2D eigenvalue weighted by atomic mass is 35.5. The molecule has 3 rings (SSSR count). The maximum atomic E-state index is 5.85. The van der Waals surface area contributed by atoms with Gasteiger partial charge in [-0.3, -0.25) is 9.88 Å². The minimum atomic E-state index is 0. The Morgan fingerprint density at radius 3 is 2.88 bits per heavy atom. The molecule has 2 aromatic rings. The first-order chi connectivity index (χ1) is 12.3. The third-order valence-electron chi connectivity index (χ3n) is 4.50. The molecule has 26 heavy (non-hydrogen) atoms. The Morgan fingerprint density at radius 1 is 1.27 bits per heavy atom. The van der Waals surface area contributed by atoms with Gasteiger partial charge in [-0.1, -0.05) is 19.1 Å². The summed E-state index contributed by atoms with van der Waals surface area (Å²) in [7, 11) is 1.68.